The Bertz CT molecular complexity index is 574. The molecule has 0 radical (unpaired) electrons. The normalized spacial score (nSPS) is 12.4. The van der Waals surface area contributed by atoms with Gasteiger partial charge in [0.2, 0.25) is 0 Å². The molecular formula is C15H14BrClFN. The van der Waals surface area contributed by atoms with Crippen LogP contribution in [-0.4, -0.2) is 7.05 Å². The smallest absolute Gasteiger partial charge is 0.142 e. The van der Waals surface area contributed by atoms with E-state index in [2.05, 4.69) is 27.3 Å². The lowest BCUT2D eigenvalue weighted by atomic mass is 9.99. The van der Waals surface area contributed by atoms with Crippen molar-refractivity contribution >= 4 is 27.5 Å². The monoisotopic (exact) mass is 341 g/mol. The minimum absolute atomic E-state index is 0.0467. The number of benzene rings is 2. The van der Waals surface area contributed by atoms with E-state index < -0.39 is 0 Å². The largest absolute Gasteiger partial charge is 0.313 e. The SMILES string of the molecule is CNC(Cc1ccccc1Br)c1ccc(Cl)c(F)c1. The van der Waals surface area contributed by atoms with Crippen LogP contribution in [0.4, 0.5) is 4.39 Å². The van der Waals surface area contributed by atoms with E-state index in [4.69, 9.17) is 11.6 Å². The van der Waals surface area contributed by atoms with E-state index in [1.807, 2.05) is 31.3 Å². The number of likely N-dealkylation sites (N-methyl/N-ethyl adjacent to an activating group) is 1. The zero-order valence-corrected chi connectivity index (χ0v) is 12.8. The molecule has 2 aromatic carbocycles. The van der Waals surface area contributed by atoms with Crippen molar-refractivity contribution in [3.63, 3.8) is 0 Å². The fraction of sp³-hybridized carbons (Fsp3) is 0.200. The Kier molecular flexibility index (Phi) is 4.97. The van der Waals surface area contributed by atoms with Gasteiger partial charge >= 0.3 is 0 Å². The Morgan fingerprint density at radius 1 is 1.26 bits per heavy atom. The number of halogens is 3. The van der Waals surface area contributed by atoms with Gasteiger partial charge < -0.3 is 5.32 Å². The lowest BCUT2D eigenvalue weighted by Crippen LogP contribution is -2.19. The molecule has 100 valence electrons. The van der Waals surface area contributed by atoms with Crippen molar-refractivity contribution in [2.24, 2.45) is 0 Å². The van der Waals surface area contributed by atoms with Crippen LogP contribution in [0.3, 0.4) is 0 Å². The third-order valence-corrected chi connectivity index (χ3v) is 4.16. The van der Waals surface area contributed by atoms with E-state index >= 15 is 0 Å². The third kappa shape index (κ3) is 3.56. The van der Waals surface area contributed by atoms with Crippen LogP contribution < -0.4 is 5.32 Å². The van der Waals surface area contributed by atoms with E-state index in [-0.39, 0.29) is 16.9 Å². The Morgan fingerprint density at radius 2 is 2.00 bits per heavy atom. The summed E-state index contributed by atoms with van der Waals surface area (Å²) in [5.74, 6) is -0.383. The summed E-state index contributed by atoms with van der Waals surface area (Å²) >= 11 is 9.24. The van der Waals surface area contributed by atoms with Gasteiger partial charge in [0.05, 0.1) is 5.02 Å². The molecule has 0 saturated carbocycles. The van der Waals surface area contributed by atoms with E-state index in [0.29, 0.717) is 0 Å². The lowest BCUT2D eigenvalue weighted by molar-refractivity contribution is 0.577. The van der Waals surface area contributed by atoms with Gasteiger partial charge in [-0.15, -0.1) is 0 Å². The van der Waals surface area contributed by atoms with Crippen LogP contribution >= 0.6 is 27.5 Å². The van der Waals surface area contributed by atoms with E-state index in [9.17, 15) is 4.39 Å². The summed E-state index contributed by atoms with van der Waals surface area (Å²) < 4.78 is 14.6. The Morgan fingerprint density at radius 3 is 2.63 bits per heavy atom. The Hall–Kier alpha value is -0.900. The van der Waals surface area contributed by atoms with E-state index in [1.54, 1.807) is 6.07 Å². The van der Waals surface area contributed by atoms with Crippen molar-refractivity contribution < 1.29 is 4.39 Å². The molecule has 0 spiro atoms. The van der Waals surface area contributed by atoms with Gasteiger partial charge in [0.1, 0.15) is 5.82 Å². The second-order valence-electron chi connectivity index (χ2n) is 4.31. The molecule has 0 aliphatic carbocycles. The fourth-order valence-electron chi connectivity index (χ4n) is 2.00. The first kappa shape index (κ1) is 14.5. The molecule has 1 unspecified atom stereocenters. The predicted octanol–water partition coefficient (Wildman–Crippen LogP) is 4.74. The van der Waals surface area contributed by atoms with Gasteiger partial charge in [-0.1, -0.05) is 51.8 Å². The van der Waals surface area contributed by atoms with Crippen LogP contribution in [0.25, 0.3) is 0 Å². The summed E-state index contributed by atoms with van der Waals surface area (Å²) in [6, 6.07) is 13.0. The van der Waals surface area contributed by atoms with E-state index in [1.165, 1.54) is 11.6 Å². The molecule has 0 aliphatic heterocycles. The number of hydrogen-bond acceptors (Lipinski definition) is 1. The van der Waals surface area contributed by atoms with Gasteiger partial charge in [0.25, 0.3) is 0 Å². The highest BCUT2D eigenvalue weighted by molar-refractivity contribution is 9.10. The van der Waals surface area contributed by atoms with Crippen molar-refractivity contribution in [2.75, 3.05) is 7.05 Å². The molecule has 0 aromatic heterocycles. The maximum atomic E-state index is 13.5. The minimum atomic E-state index is -0.383. The van der Waals surface area contributed by atoms with Crippen molar-refractivity contribution in [1.29, 1.82) is 0 Å². The van der Waals surface area contributed by atoms with Gasteiger partial charge in [-0.2, -0.15) is 0 Å². The fourth-order valence-corrected chi connectivity index (χ4v) is 2.56. The summed E-state index contributed by atoms with van der Waals surface area (Å²) in [6.07, 6.45) is 0.777. The van der Waals surface area contributed by atoms with Crippen LogP contribution in [0.15, 0.2) is 46.9 Å². The zero-order valence-electron chi connectivity index (χ0n) is 10.5. The molecule has 1 nitrogen and oxygen atoms in total. The molecule has 2 rings (SSSR count). The number of rotatable bonds is 4. The summed E-state index contributed by atoms with van der Waals surface area (Å²) in [7, 11) is 1.87. The molecule has 0 fully saturated rings. The molecule has 0 aliphatic rings. The van der Waals surface area contributed by atoms with E-state index in [0.717, 1.165) is 16.5 Å². The summed E-state index contributed by atoms with van der Waals surface area (Å²) in [4.78, 5) is 0. The van der Waals surface area contributed by atoms with Gasteiger partial charge in [0.15, 0.2) is 0 Å². The first-order valence-corrected chi connectivity index (χ1v) is 7.14. The molecule has 4 heteroatoms. The highest BCUT2D eigenvalue weighted by Crippen LogP contribution is 2.25. The quantitative estimate of drug-likeness (QED) is 0.846. The highest BCUT2D eigenvalue weighted by atomic mass is 79.9. The van der Waals surface area contributed by atoms with Crippen LogP contribution in [0.1, 0.15) is 17.2 Å². The van der Waals surface area contributed by atoms with Crippen molar-refractivity contribution in [3.8, 4) is 0 Å². The molecule has 2 aromatic rings. The molecule has 0 saturated heterocycles. The van der Waals surface area contributed by atoms with Gasteiger partial charge in [-0.05, 0) is 42.8 Å². The molecule has 1 atom stereocenters. The van der Waals surface area contributed by atoms with Crippen LogP contribution in [-0.2, 0) is 6.42 Å². The van der Waals surface area contributed by atoms with Crippen molar-refractivity contribution in [2.45, 2.75) is 12.5 Å². The maximum Gasteiger partial charge on any atom is 0.142 e. The topological polar surface area (TPSA) is 12.0 Å². The molecule has 19 heavy (non-hydrogen) atoms. The van der Waals surface area contributed by atoms with Crippen LogP contribution in [0.2, 0.25) is 5.02 Å². The summed E-state index contributed by atoms with van der Waals surface area (Å²) in [5, 5.41) is 3.36. The first-order valence-electron chi connectivity index (χ1n) is 5.97. The molecule has 0 bridgehead atoms. The molecule has 0 heterocycles. The standard InChI is InChI=1S/C15H14BrClFN/c1-19-15(9-10-4-2-3-5-12(10)16)11-6-7-13(17)14(18)8-11/h2-8,15,19H,9H2,1H3. The second-order valence-corrected chi connectivity index (χ2v) is 5.57. The predicted molar refractivity (Wildman–Crippen MR) is 81.1 cm³/mol. The third-order valence-electron chi connectivity index (χ3n) is 3.08. The number of nitrogens with one attached hydrogen (secondary N) is 1. The summed E-state index contributed by atoms with van der Waals surface area (Å²) in [5.41, 5.74) is 2.07. The average Bonchev–Trinajstić information content (AvgIpc) is 2.41. The average molecular weight is 343 g/mol. The van der Waals surface area contributed by atoms with Crippen LogP contribution in [0.5, 0.6) is 0 Å². The Labute approximate surface area is 125 Å². The molecular weight excluding hydrogens is 329 g/mol. The lowest BCUT2D eigenvalue weighted by Gasteiger charge is -2.18. The van der Waals surface area contributed by atoms with Gasteiger partial charge in [0, 0.05) is 10.5 Å². The first-order chi connectivity index (χ1) is 9.11. The van der Waals surface area contributed by atoms with Gasteiger partial charge in [-0.25, -0.2) is 4.39 Å². The highest BCUT2D eigenvalue weighted by Gasteiger charge is 2.13. The zero-order chi connectivity index (χ0) is 13.8. The van der Waals surface area contributed by atoms with Crippen molar-refractivity contribution in [1.82, 2.24) is 5.32 Å². The second kappa shape index (κ2) is 6.51. The Balaban J connectivity index is 2.25. The number of hydrogen-bond donors (Lipinski definition) is 1. The van der Waals surface area contributed by atoms with Crippen LogP contribution in [0, 0.1) is 5.82 Å². The minimum Gasteiger partial charge on any atom is -0.313 e. The maximum absolute atomic E-state index is 13.5. The molecule has 1 N–H and O–H groups in total. The van der Waals surface area contributed by atoms with Gasteiger partial charge in [-0.3, -0.25) is 0 Å². The molecule has 0 amide bonds. The van der Waals surface area contributed by atoms with Crippen molar-refractivity contribution in [3.05, 3.63) is 68.9 Å². The summed E-state index contributed by atoms with van der Waals surface area (Å²) in [6.45, 7) is 0.